The zero-order valence-corrected chi connectivity index (χ0v) is 12.2. The fourth-order valence-corrected chi connectivity index (χ4v) is 3.59. The van der Waals surface area contributed by atoms with Gasteiger partial charge in [-0.2, -0.15) is 11.3 Å². The zero-order valence-electron chi connectivity index (χ0n) is 11.4. The van der Waals surface area contributed by atoms with Crippen molar-refractivity contribution in [3.8, 4) is 5.75 Å². The minimum absolute atomic E-state index is 0.306. The van der Waals surface area contributed by atoms with E-state index in [0.29, 0.717) is 12.0 Å². The number of fused-ring (bicyclic) bond motifs is 1. The highest BCUT2D eigenvalue weighted by atomic mass is 32.1. The lowest BCUT2D eigenvalue weighted by Gasteiger charge is -2.28. The summed E-state index contributed by atoms with van der Waals surface area (Å²) in [6, 6.07) is 10.8. The Morgan fingerprint density at radius 1 is 1.35 bits per heavy atom. The summed E-state index contributed by atoms with van der Waals surface area (Å²) in [5.74, 6) is 7.31. The number of hydrogen-bond donors (Lipinski definition) is 2. The minimum Gasteiger partial charge on any atom is -0.493 e. The number of nitrogens with one attached hydrogen (secondary N) is 1. The van der Waals surface area contributed by atoms with Crippen molar-refractivity contribution in [3.63, 3.8) is 0 Å². The smallest absolute Gasteiger partial charge is 0.122 e. The van der Waals surface area contributed by atoms with Crippen molar-refractivity contribution in [2.45, 2.75) is 31.2 Å². The molecule has 0 spiro atoms. The van der Waals surface area contributed by atoms with Crippen LogP contribution in [-0.4, -0.2) is 12.6 Å². The largest absolute Gasteiger partial charge is 0.493 e. The van der Waals surface area contributed by atoms with Crippen LogP contribution in [0.15, 0.2) is 41.1 Å². The van der Waals surface area contributed by atoms with Crippen molar-refractivity contribution in [2.75, 3.05) is 6.61 Å². The molecule has 0 radical (unpaired) electrons. The van der Waals surface area contributed by atoms with Gasteiger partial charge in [0.1, 0.15) is 5.75 Å². The molecule has 0 bridgehead atoms. The van der Waals surface area contributed by atoms with Gasteiger partial charge in [-0.25, -0.2) is 0 Å². The molecular formula is C16H20N2OS. The summed E-state index contributed by atoms with van der Waals surface area (Å²) in [6.45, 7) is 0.803. The van der Waals surface area contributed by atoms with E-state index in [1.54, 1.807) is 11.3 Å². The van der Waals surface area contributed by atoms with Gasteiger partial charge >= 0.3 is 0 Å². The van der Waals surface area contributed by atoms with Crippen molar-refractivity contribution in [1.82, 2.24) is 5.43 Å². The van der Waals surface area contributed by atoms with E-state index < -0.39 is 0 Å². The first-order chi connectivity index (χ1) is 9.86. The number of benzene rings is 1. The van der Waals surface area contributed by atoms with Gasteiger partial charge in [-0.3, -0.25) is 11.3 Å². The summed E-state index contributed by atoms with van der Waals surface area (Å²) in [6.07, 6.45) is 3.10. The first-order valence-electron chi connectivity index (χ1n) is 7.05. The van der Waals surface area contributed by atoms with Gasteiger partial charge in [0.25, 0.3) is 0 Å². The highest BCUT2D eigenvalue weighted by Gasteiger charge is 2.24. The molecule has 0 amide bonds. The van der Waals surface area contributed by atoms with E-state index in [1.807, 2.05) is 6.07 Å². The van der Waals surface area contributed by atoms with Crippen LogP contribution in [0.1, 0.15) is 29.9 Å². The SMILES string of the molecule is NNC(Cc1ccsc1)CC1CCOc2ccccc21. The Kier molecular flexibility index (Phi) is 4.35. The van der Waals surface area contributed by atoms with Crippen molar-refractivity contribution < 1.29 is 4.74 Å². The second-order valence-electron chi connectivity index (χ2n) is 5.31. The van der Waals surface area contributed by atoms with Crippen LogP contribution in [0, 0.1) is 0 Å². The Morgan fingerprint density at radius 2 is 2.25 bits per heavy atom. The van der Waals surface area contributed by atoms with E-state index in [0.717, 1.165) is 31.6 Å². The van der Waals surface area contributed by atoms with Crippen LogP contribution in [-0.2, 0) is 6.42 Å². The topological polar surface area (TPSA) is 47.3 Å². The number of ether oxygens (including phenoxy) is 1. The van der Waals surface area contributed by atoms with E-state index in [9.17, 15) is 0 Å². The third-order valence-electron chi connectivity index (χ3n) is 3.95. The maximum atomic E-state index is 5.75. The van der Waals surface area contributed by atoms with Gasteiger partial charge in [0, 0.05) is 6.04 Å². The first kappa shape index (κ1) is 13.6. The summed E-state index contributed by atoms with van der Waals surface area (Å²) >= 11 is 1.74. The van der Waals surface area contributed by atoms with Crippen LogP contribution < -0.4 is 16.0 Å². The number of para-hydroxylation sites is 1. The molecule has 20 heavy (non-hydrogen) atoms. The number of hydrogen-bond acceptors (Lipinski definition) is 4. The summed E-state index contributed by atoms with van der Waals surface area (Å²) in [5, 5.41) is 4.31. The molecule has 2 aromatic rings. The predicted octanol–water partition coefficient (Wildman–Crippen LogP) is 3.08. The normalized spacial score (nSPS) is 19.1. The van der Waals surface area contributed by atoms with Crippen molar-refractivity contribution in [1.29, 1.82) is 0 Å². The summed E-state index contributed by atoms with van der Waals surface area (Å²) in [5.41, 5.74) is 5.67. The Labute approximate surface area is 123 Å². The van der Waals surface area contributed by atoms with Gasteiger partial charge in [-0.05, 0) is 59.2 Å². The van der Waals surface area contributed by atoms with Crippen LogP contribution in [0.2, 0.25) is 0 Å². The Morgan fingerprint density at radius 3 is 3.05 bits per heavy atom. The lowest BCUT2D eigenvalue weighted by Crippen LogP contribution is -2.38. The number of hydrazine groups is 1. The lowest BCUT2D eigenvalue weighted by atomic mass is 9.86. The van der Waals surface area contributed by atoms with Gasteiger partial charge in [-0.15, -0.1) is 0 Å². The van der Waals surface area contributed by atoms with Crippen LogP contribution in [0.5, 0.6) is 5.75 Å². The standard InChI is InChI=1S/C16H20N2OS/c17-18-14(9-12-6-8-20-11-12)10-13-5-7-19-16-4-2-1-3-15(13)16/h1-4,6,8,11,13-14,18H,5,7,9-10,17H2. The quantitative estimate of drug-likeness (QED) is 0.656. The molecule has 0 saturated carbocycles. The Hall–Kier alpha value is -1.36. The molecule has 4 heteroatoms. The second-order valence-corrected chi connectivity index (χ2v) is 6.09. The number of nitrogens with two attached hydrogens (primary N) is 1. The van der Waals surface area contributed by atoms with Crippen LogP contribution in [0.4, 0.5) is 0 Å². The predicted molar refractivity (Wildman–Crippen MR) is 83.0 cm³/mol. The van der Waals surface area contributed by atoms with E-state index in [4.69, 9.17) is 10.6 Å². The molecule has 106 valence electrons. The highest BCUT2D eigenvalue weighted by molar-refractivity contribution is 7.07. The maximum absolute atomic E-state index is 5.75. The van der Waals surface area contributed by atoms with Gasteiger partial charge in [0.15, 0.2) is 0 Å². The average molecular weight is 288 g/mol. The van der Waals surface area contributed by atoms with Gasteiger partial charge in [0.05, 0.1) is 6.61 Å². The summed E-state index contributed by atoms with van der Waals surface area (Å²) < 4.78 is 5.72. The molecule has 0 saturated heterocycles. The van der Waals surface area contributed by atoms with Crippen LogP contribution in [0.25, 0.3) is 0 Å². The van der Waals surface area contributed by atoms with Crippen molar-refractivity contribution >= 4 is 11.3 Å². The van der Waals surface area contributed by atoms with Crippen LogP contribution in [0.3, 0.4) is 0 Å². The molecule has 2 heterocycles. The van der Waals surface area contributed by atoms with E-state index in [-0.39, 0.29) is 0 Å². The van der Waals surface area contributed by atoms with E-state index in [1.165, 1.54) is 11.1 Å². The van der Waals surface area contributed by atoms with E-state index >= 15 is 0 Å². The molecule has 3 N–H and O–H groups in total. The molecule has 2 unspecified atom stereocenters. The molecule has 0 aliphatic carbocycles. The maximum Gasteiger partial charge on any atom is 0.122 e. The number of thiophene rings is 1. The van der Waals surface area contributed by atoms with Crippen LogP contribution >= 0.6 is 11.3 Å². The molecule has 1 aromatic carbocycles. The number of rotatable bonds is 5. The van der Waals surface area contributed by atoms with Gasteiger partial charge < -0.3 is 4.74 Å². The van der Waals surface area contributed by atoms with Gasteiger partial charge in [0.2, 0.25) is 0 Å². The fourth-order valence-electron chi connectivity index (χ4n) is 2.91. The average Bonchev–Trinajstić information content (AvgIpc) is 3.00. The molecule has 2 atom stereocenters. The molecule has 1 aromatic heterocycles. The Balaban J connectivity index is 1.70. The minimum atomic E-state index is 0.306. The molecule has 1 aliphatic heterocycles. The lowest BCUT2D eigenvalue weighted by molar-refractivity contribution is 0.254. The molecule has 1 aliphatic rings. The van der Waals surface area contributed by atoms with Crippen molar-refractivity contribution in [2.24, 2.45) is 5.84 Å². The third-order valence-corrected chi connectivity index (χ3v) is 4.68. The second kappa shape index (κ2) is 6.39. The highest BCUT2D eigenvalue weighted by Crippen LogP contribution is 2.36. The summed E-state index contributed by atoms with van der Waals surface area (Å²) in [7, 11) is 0. The van der Waals surface area contributed by atoms with Gasteiger partial charge in [-0.1, -0.05) is 18.2 Å². The third kappa shape index (κ3) is 3.03. The first-order valence-corrected chi connectivity index (χ1v) is 8.00. The Bertz CT molecular complexity index is 541. The van der Waals surface area contributed by atoms with Crippen molar-refractivity contribution in [3.05, 3.63) is 52.2 Å². The fraction of sp³-hybridized carbons (Fsp3) is 0.375. The molecule has 3 rings (SSSR count). The molecular weight excluding hydrogens is 268 g/mol. The molecule has 3 nitrogen and oxygen atoms in total. The molecule has 0 fully saturated rings. The zero-order chi connectivity index (χ0) is 13.8. The summed E-state index contributed by atoms with van der Waals surface area (Å²) in [4.78, 5) is 0. The van der Waals surface area contributed by atoms with E-state index in [2.05, 4.69) is 40.5 Å². The monoisotopic (exact) mass is 288 g/mol.